The normalized spacial score (nSPS) is 25.3. The highest BCUT2D eigenvalue weighted by molar-refractivity contribution is 5.48. The maximum atomic E-state index is 12.7. The van der Waals surface area contributed by atoms with Crippen molar-refractivity contribution in [2.24, 2.45) is 0 Å². The van der Waals surface area contributed by atoms with E-state index in [1.165, 1.54) is 12.1 Å². The maximum absolute atomic E-state index is 12.7. The molecular weight excluding hydrogens is 205 g/mol. The molecule has 1 unspecified atom stereocenters. The molecule has 0 spiro atoms. The van der Waals surface area contributed by atoms with Crippen molar-refractivity contribution in [1.29, 1.82) is 5.26 Å². The van der Waals surface area contributed by atoms with Gasteiger partial charge >= 0.3 is 0 Å². The van der Waals surface area contributed by atoms with Gasteiger partial charge in [-0.2, -0.15) is 5.26 Å². The van der Waals surface area contributed by atoms with Crippen LogP contribution in [0.2, 0.25) is 0 Å². The zero-order chi connectivity index (χ0) is 11.6. The summed E-state index contributed by atoms with van der Waals surface area (Å²) in [6.45, 7) is 1.60. The van der Waals surface area contributed by atoms with Gasteiger partial charge in [-0.3, -0.25) is 0 Å². The first kappa shape index (κ1) is 10.9. The Morgan fingerprint density at radius 1 is 1.44 bits per heavy atom. The molecule has 1 N–H and O–H groups in total. The van der Waals surface area contributed by atoms with Gasteiger partial charge < -0.3 is 10.2 Å². The van der Waals surface area contributed by atoms with E-state index in [0.29, 0.717) is 6.54 Å². The monoisotopic (exact) mass is 219 g/mol. The number of hydrogen-bond donors (Lipinski definition) is 1. The minimum Gasteiger partial charge on any atom is -0.366 e. The number of likely N-dealkylation sites (N-methyl/N-ethyl adjacent to an activating group) is 1. The summed E-state index contributed by atoms with van der Waals surface area (Å²) < 4.78 is 12.7. The summed E-state index contributed by atoms with van der Waals surface area (Å²) >= 11 is 0. The van der Waals surface area contributed by atoms with Crippen LogP contribution >= 0.6 is 0 Å². The van der Waals surface area contributed by atoms with Gasteiger partial charge in [0, 0.05) is 18.8 Å². The average molecular weight is 219 g/mol. The molecule has 4 heteroatoms. The Bertz CT molecular complexity index is 409. The number of likely N-dealkylation sites (tertiary alicyclic amines) is 1. The van der Waals surface area contributed by atoms with E-state index < -0.39 is 5.54 Å². The number of benzene rings is 1. The highest BCUT2D eigenvalue weighted by atomic mass is 19.1. The van der Waals surface area contributed by atoms with Crippen LogP contribution in [0.4, 0.5) is 10.1 Å². The lowest BCUT2D eigenvalue weighted by Gasteiger charge is -2.23. The van der Waals surface area contributed by atoms with Crippen LogP contribution in [0.1, 0.15) is 6.42 Å². The van der Waals surface area contributed by atoms with Gasteiger partial charge in [-0.25, -0.2) is 4.39 Å². The zero-order valence-corrected chi connectivity index (χ0v) is 9.20. The second-order valence-corrected chi connectivity index (χ2v) is 4.31. The number of halogens is 1. The summed E-state index contributed by atoms with van der Waals surface area (Å²) in [7, 11) is 1.99. The molecular formula is C12H14FN3. The van der Waals surface area contributed by atoms with Crippen LogP contribution in [0.5, 0.6) is 0 Å². The van der Waals surface area contributed by atoms with Crippen molar-refractivity contribution in [2.75, 3.05) is 25.5 Å². The molecule has 0 aliphatic carbocycles. The molecule has 1 saturated heterocycles. The van der Waals surface area contributed by atoms with Crippen LogP contribution in [0.25, 0.3) is 0 Å². The Labute approximate surface area is 94.5 Å². The predicted octanol–water partition coefficient (Wildman–Crippen LogP) is 1.84. The summed E-state index contributed by atoms with van der Waals surface area (Å²) in [5, 5.41) is 12.4. The molecule has 16 heavy (non-hydrogen) atoms. The van der Waals surface area contributed by atoms with E-state index in [4.69, 9.17) is 0 Å². The summed E-state index contributed by atoms with van der Waals surface area (Å²) in [6, 6.07) is 8.43. The fraction of sp³-hybridized carbons (Fsp3) is 0.417. The van der Waals surface area contributed by atoms with Crippen LogP contribution in [0.15, 0.2) is 24.3 Å². The minimum absolute atomic E-state index is 0.264. The molecule has 1 aromatic carbocycles. The molecule has 1 fully saturated rings. The lowest BCUT2D eigenvalue weighted by Crippen LogP contribution is -2.39. The Morgan fingerprint density at radius 2 is 2.12 bits per heavy atom. The number of nitrogens with zero attached hydrogens (tertiary/aromatic N) is 2. The Hall–Kier alpha value is -1.60. The molecule has 2 rings (SSSR count). The van der Waals surface area contributed by atoms with Crippen molar-refractivity contribution in [1.82, 2.24) is 4.90 Å². The fourth-order valence-corrected chi connectivity index (χ4v) is 2.03. The summed E-state index contributed by atoms with van der Waals surface area (Å²) in [4.78, 5) is 2.11. The van der Waals surface area contributed by atoms with E-state index in [1.54, 1.807) is 12.1 Å². The molecule has 1 atom stereocenters. The molecule has 0 aromatic heterocycles. The number of hydrogen-bond acceptors (Lipinski definition) is 3. The van der Waals surface area contributed by atoms with Gasteiger partial charge in [0.2, 0.25) is 0 Å². The molecule has 0 bridgehead atoms. The standard InChI is InChI=1S/C12H14FN3/c1-16-7-6-12(8-14,9-16)15-11-4-2-10(13)3-5-11/h2-5,15H,6-7,9H2,1H3. The molecule has 1 aromatic rings. The highest BCUT2D eigenvalue weighted by Gasteiger charge is 2.36. The van der Waals surface area contributed by atoms with E-state index in [9.17, 15) is 9.65 Å². The van der Waals surface area contributed by atoms with Crippen molar-refractivity contribution >= 4 is 5.69 Å². The second kappa shape index (κ2) is 4.11. The predicted molar refractivity (Wildman–Crippen MR) is 60.5 cm³/mol. The third-order valence-corrected chi connectivity index (χ3v) is 2.90. The molecule has 84 valence electrons. The van der Waals surface area contributed by atoms with Gasteiger partial charge in [0.15, 0.2) is 0 Å². The van der Waals surface area contributed by atoms with E-state index in [0.717, 1.165) is 18.7 Å². The molecule has 0 amide bonds. The van der Waals surface area contributed by atoms with Gasteiger partial charge in [0.25, 0.3) is 0 Å². The lowest BCUT2D eigenvalue weighted by atomic mass is 10.0. The third kappa shape index (κ3) is 2.15. The first-order valence-corrected chi connectivity index (χ1v) is 5.27. The van der Waals surface area contributed by atoms with Crippen molar-refractivity contribution in [3.8, 4) is 6.07 Å². The smallest absolute Gasteiger partial charge is 0.139 e. The molecule has 1 aliphatic heterocycles. The van der Waals surface area contributed by atoms with E-state index in [2.05, 4.69) is 16.3 Å². The van der Waals surface area contributed by atoms with Crippen LogP contribution in [-0.4, -0.2) is 30.6 Å². The number of nitriles is 1. The van der Waals surface area contributed by atoms with Crippen LogP contribution < -0.4 is 5.32 Å². The summed E-state index contributed by atoms with van der Waals surface area (Å²) in [6.07, 6.45) is 0.789. The number of nitrogens with one attached hydrogen (secondary N) is 1. The van der Waals surface area contributed by atoms with Crippen molar-refractivity contribution in [2.45, 2.75) is 12.0 Å². The van der Waals surface area contributed by atoms with E-state index in [1.807, 2.05) is 7.05 Å². The Morgan fingerprint density at radius 3 is 2.62 bits per heavy atom. The maximum Gasteiger partial charge on any atom is 0.139 e. The van der Waals surface area contributed by atoms with Crippen LogP contribution in [0.3, 0.4) is 0 Å². The van der Waals surface area contributed by atoms with Crippen molar-refractivity contribution < 1.29 is 4.39 Å². The molecule has 1 heterocycles. The van der Waals surface area contributed by atoms with Gasteiger partial charge in [-0.05, 0) is 37.7 Å². The number of anilines is 1. The summed E-state index contributed by atoms with van der Waals surface area (Å²) in [5.74, 6) is -0.264. The minimum atomic E-state index is -0.535. The zero-order valence-electron chi connectivity index (χ0n) is 9.20. The summed E-state index contributed by atoms with van der Waals surface area (Å²) in [5.41, 5.74) is 0.255. The van der Waals surface area contributed by atoms with Gasteiger partial charge in [0.05, 0.1) is 6.07 Å². The highest BCUT2D eigenvalue weighted by Crippen LogP contribution is 2.24. The topological polar surface area (TPSA) is 39.1 Å². The SMILES string of the molecule is CN1CCC(C#N)(Nc2ccc(F)cc2)C1. The largest absolute Gasteiger partial charge is 0.366 e. The fourth-order valence-electron chi connectivity index (χ4n) is 2.03. The second-order valence-electron chi connectivity index (χ2n) is 4.31. The first-order chi connectivity index (χ1) is 7.63. The first-order valence-electron chi connectivity index (χ1n) is 5.27. The van der Waals surface area contributed by atoms with Gasteiger partial charge in [0.1, 0.15) is 11.4 Å². The van der Waals surface area contributed by atoms with Crippen molar-refractivity contribution in [3.63, 3.8) is 0 Å². The van der Waals surface area contributed by atoms with Crippen LogP contribution in [-0.2, 0) is 0 Å². The Kier molecular flexibility index (Phi) is 2.80. The third-order valence-electron chi connectivity index (χ3n) is 2.90. The number of rotatable bonds is 2. The average Bonchev–Trinajstić information content (AvgIpc) is 2.64. The van der Waals surface area contributed by atoms with Gasteiger partial charge in [-0.15, -0.1) is 0 Å². The Balaban J connectivity index is 2.14. The van der Waals surface area contributed by atoms with Gasteiger partial charge in [-0.1, -0.05) is 0 Å². The quantitative estimate of drug-likeness (QED) is 0.824. The molecule has 0 radical (unpaired) electrons. The molecule has 1 aliphatic rings. The van der Waals surface area contributed by atoms with Crippen LogP contribution in [0, 0.1) is 17.1 Å². The van der Waals surface area contributed by atoms with E-state index >= 15 is 0 Å². The molecule has 3 nitrogen and oxygen atoms in total. The lowest BCUT2D eigenvalue weighted by molar-refractivity contribution is 0.403. The molecule has 0 saturated carbocycles. The van der Waals surface area contributed by atoms with Crippen molar-refractivity contribution in [3.05, 3.63) is 30.1 Å². The van der Waals surface area contributed by atoms with E-state index in [-0.39, 0.29) is 5.82 Å².